The van der Waals surface area contributed by atoms with Crippen LogP contribution in [0.2, 0.25) is 5.02 Å². The molecule has 0 unspecified atom stereocenters. The minimum Gasteiger partial charge on any atom is -0.370 e. The molecule has 7 nitrogen and oxygen atoms in total. The molecule has 1 aliphatic heterocycles. The van der Waals surface area contributed by atoms with Crippen LogP contribution in [0.25, 0.3) is 0 Å². The first-order valence-electron chi connectivity index (χ1n) is 8.74. The normalized spacial score (nSPS) is 13.5. The van der Waals surface area contributed by atoms with Crippen molar-refractivity contribution < 1.29 is 4.79 Å². The Morgan fingerprint density at radius 2 is 2.04 bits per heavy atom. The predicted octanol–water partition coefficient (Wildman–Crippen LogP) is 3.27. The van der Waals surface area contributed by atoms with Crippen LogP contribution in [-0.2, 0) is 0 Å². The van der Waals surface area contributed by atoms with Gasteiger partial charge < -0.3 is 20.9 Å². The van der Waals surface area contributed by atoms with Crippen molar-refractivity contribution in [1.29, 1.82) is 0 Å². The fourth-order valence-electron chi connectivity index (χ4n) is 2.85. The lowest BCUT2D eigenvalue weighted by atomic mass is 10.2. The second-order valence-corrected chi connectivity index (χ2v) is 6.69. The van der Waals surface area contributed by atoms with Crippen LogP contribution in [0.15, 0.2) is 30.5 Å². The highest BCUT2D eigenvalue weighted by atomic mass is 35.5. The molecule has 26 heavy (non-hydrogen) atoms. The van der Waals surface area contributed by atoms with Crippen LogP contribution in [0, 0.1) is 6.92 Å². The lowest BCUT2D eigenvalue weighted by Crippen LogP contribution is -2.32. The third-order valence-corrected chi connectivity index (χ3v) is 4.51. The van der Waals surface area contributed by atoms with E-state index in [1.165, 1.54) is 12.8 Å². The Hall–Kier alpha value is -2.54. The van der Waals surface area contributed by atoms with E-state index >= 15 is 0 Å². The van der Waals surface area contributed by atoms with E-state index in [9.17, 15) is 4.79 Å². The van der Waals surface area contributed by atoms with Crippen LogP contribution in [0.3, 0.4) is 0 Å². The summed E-state index contributed by atoms with van der Waals surface area (Å²) in [6.07, 6.45) is 4.22. The minimum atomic E-state index is -0.297. The third-order valence-electron chi connectivity index (χ3n) is 4.20. The molecule has 1 aromatic carbocycles. The van der Waals surface area contributed by atoms with Gasteiger partial charge in [-0.3, -0.25) is 0 Å². The molecule has 1 aromatic heterocycles. The van der Waals surface area contributed by atoms with Crippen molar-refractivity contribution in [3.63, 3.8) is 0 Å². The van der Waals surface area contributed by atoms with Crippen molar-refractivity contribution in [2.45, 2.75) is 19.8 Å². The molecule has 3 rings (SSSR count). The largest absolute Gasteiger partial charge is 0.370 e. The van der Waals surface area contributed by atoms with E-state index in [-0.39, 0.29) is 6.03 Å². The standard InChI is InChI=1S/C18H23ClN6O/c1-13-4-5-16(15(19)10-13)23-18(26)21-7-6-20-17-11-14(12-22-24-17)25-8-2-3-9-25/h4-5,10-12H,2-3,6-9H2,1H3,(H,20,24)(H2,21,23,26). The van der Waals surface area contributed by atoms with Crippen molar-refractivity contribution in [2.24, 2.45) is 0 Å². The number of amides is 2. The Morgan fingerprint density at radius 1 is 1.23 bits per heavy atom. The van der Waals surface area contributed by atoms with E-state index in [1.807, 2.05) is 25.1 Å². The van der Waals surface area contributed by atoms with E-state index in [0.717, 1.165) is 24.3 Å². The number of aromatic nitrogens is 2. The average molecular weight is 375 g/mol. The van der Waals surface area contributed by atoms with Crippen LogP contribution >= 0.6 is 11.6 Å². The average Bonchev–Trinajstić information content (AvgIpc) is 3.16. The first-order valence-corrected chi connectivity index (χ1v) is 9.12. The summed E-state index contributed by atoms with van der Waals surface area (Å²) < 4.78 is 0. The molecule has 0 radical (unpaired) electrons. The molecule has 1 saturated heterocycles. The summed E-state index contributed by atoms with van der Waals surface area (Å²) in [6, 6.07) is 7.19. The minimum absolute atomic E-state index is 0.297. The molecule has 0 aliphatic carbocycles. The number of hydrogen-bond donors (Lipinski definition) is 3. The lowest BCUT2D eigenvalue weighted by molar-refractivity contribution is 0.252. The summed E-state index contributed by atoms with van der Waals surface area (Å²) in [5, 5.41) is 17.3. The molecule has 0 saturated carbocycles. The molecular weight excluding hydrogens is 352 g/mol. The Kier molecular flexibility index (Phi) is 6.12. The predicted molar refractivity (Wildman–Crippen MR) is 105 cm³/mol. The highest BCUT2D eigenvalue weighted by Crippen LogP contribution is 2.22. The monoisotopic (exact) mass is 374 g/mol. The van der Waals surface area contributed by atoms with Gasteiger partial charge in [-0.15, -0.1) is 5.10 Å². The lowest BCUT2D eigenvalue weighted by Gasteiger charge is -2.17. The van der Waals surface area contributed by atoms with Crippen molar-refractivity contribution in [1.82, 2.24) is 15.5 Å². The third kappa shape index (κ3) is 4.98. The molecule has 2 aromatic rings. The number of halogens is 1. The van der Waals surface area contributed by atoms with Gasteiger partial charge in [-0.2, -0.15) is 5.10 Å². The molecule has 2 heterocycles. The summed E-state index contributed by atoms with van der Waals surface area (Å²) in [5.41, 5.74) is 2.72. The summed E-state index contributed by atoms with van der Waals surface area (Å²) in [5.74, 6) is 0.707. The number of carbonyl (C=O) groups excluding carboxylic acids is 1. The number of hydrogen-bond acceptors (Lipinski definition) is 5. The summed E-state index contributed by atoms with van der Waals surface area (Å²) >= 11 is 6.11. The maximum Gasteiger partial charge on any atom is 0.319 e. The van der Waals surface area contributed by atoms with Crippen LogP contribution < -0.4 is 20.9 Å². The molecule has 2 amide bonds. The van der Waals surface area contributed by atoms with Gasteiger partial charge in [0, 0.05) is 32.2 Å². The highest BCUT2D eigenvalue weighted by Gasteiger charge is 2.13. The summed E-state index contributed by atoms with van der Waals surface area (Å²) in [7, 11) is 0. The van der Waals surface area contributed by atoms with Crippen molar-refractivity contribution in [3.8, 4) is 0 Å². The van der Waals surface area contributed by atoms with Crippen molar-refractivity contribution in [3.05, 3.63) is 41.0 Å². The quantitative estimate of drug-likeness (QED) is 0.676. The second kappa shape index (κ2) is 8.71. The molecular formula is C18H23ClN6O. The maximum absolute atomic E-state index is 11.9. The topological polar surface area (TPSA) is 82.2 Å². The Labute approximate surface area is 158 Å². The van der Waals surface area contributed by atoms with E-state index in [0.29, 0.717) is 29.6 Å². The summed E-state index contributed by atoms with van der Waals surface area (Å²) in [6.45, 7) is 5.07. The molecule has 1 aliphatic rings. The van der Waals surface area contributed by atoms with Gasteiger partial charge in [-0.05, 0) is 37.5 Å². The maximum atomic E-state index is 11.9. The van der Waals surface area contributed by atoms with E-state index in [1.54, 1.807) is 12.3 Å². The number of nitrogens with zero attached hydrogens (tertiary/aromatic N) is 3. The van der Waals surface area contributed by atoms with Crippen molar-refractivity contribution in [2.75, 3.05) is 41.7 Å². The van der Waals surface area contributed by atoms with Crippen LogP contribution in [0.4, 0.5) is 22.0 Å². The Balaban J connectivity index is 1.42. The first-order chi connectivity index (χ1) is 12.6. The molecule has 138 valence electrons. The zero-order valence-corrected chi connectivity index (χ0v) is 15.5. The SMILES string of the molecule is Cc1ccc(NC(=O)NCCNc2cc(N3CCCC3)cnn2)c(Cl)c1. The van der Waals surface area contributed by atoms with Gasteiger partial charge in [-0.25, -0.2) is 4.79 Å². The zero-order chi connectivity index (χ0) is 18.4. The van der Waals surface area contributed by atoms with Gasteiger partial charge in [0.2, 0.25) is 0 Å². The number of urea groups is 1. The Morgan fingerprint density at radius 3 is 2.81 bits per heavy atom. The van der Waals surface area contributed by atoms with Gasteiger partial charge in [0.05, 0.1) is 22.6 Å². The van der Waals surface area contributed by atoms with Crippen LogP contribution in [-0.4, -0.2) is 42.4 Å². The van der Waals surface area contributed by atoms with Gasteiger partial charge in [0.15, 0.2) is 5.82 Å². The molecule has 0 bridgehead atoms. The van der Waals surface area contributed by atoms with E-state index < -0.39 is 0 Å². The highest BCUT2D eigenvalue weighted by molar-refractivity contribution is 6.33. The van der Waals surface area contributed by atoms with E-state index in [4.69, 9.17) is 11.6 Å². The molecule has 1 fully saturated rings. The van der Waals surface area contributed by atoms with Crippen molar-refractivity contribution >= 4 is 34.8 Å². The summed E-state index contributed by atoms with van der Waals surface area (Å²) in [4.78, 5) is 14.2. The van der Waals surface area contributed by atoms with Gasteiger partial charge in [0.1, 0.15) is 0 Å². The fraction of sp³-hybridized carbons (Fsp3) is 0.389. The number of nitrogens with one attached hydrogen (secondary N) is 3. The molecule has 0 spiro atoms. The number of carbonyl (C=O) groups is 1. The number of anilines is 3. The Bertz CT molecular complexity index is 763. The fourth-order valence-corrected chi connectivity index (χ4v) is 3.13. The molecule has 8 heteroatoms. The van der Waals surface area contributed by atoms with Gasteiger partial charge in [0.25, 0.3) is 0 Å². The smallest absolute Gasteiger partial charge is 0.319 e. The zero-order valence-electron chi connectivity index (χ0n) is 14.8. The van der Waals surface area contributed by atoms with Crippen LogP contribution in [0.1, 0.15) is 18.4 Å². The molecule has 0 atom stereocenters. The van der Waals surface area contributed by atoms with Crippen LogP contribution in [0.5, 0.6) is 0 Å². The number of aryl methyl sites for hydroxylation is 1. The number of benzene rings is 1. The second-order valence-electron chi connectivity index (χ2n) is 6.28. The van der Waals surface area contributed by atoms with Gasteiger partial charge in [-0.1, -0.05) is 17.7 Å². The van der Waals surface area contributed by atoms with E-state index in [2.05, 4.69) is 31.0 Å². The van der Waals surface area contributed by atoms with Gasteiger partial charge >= 0.3 is 6.03 Å². The number of rotatable bonds is 6. The molecule has 3 N–H and O–H groups in total. The first kappa shape index (κ1) is 18.3.